The van der Waals surface area contributed by atoms with Gasteiger partial charge in [-0.25, -0.2) is 0 Å². The fourth-order valence-electron chi connectivity index (χ4n) is 4.63. The number of ether oxygens (including phenoxy) is 1. The minimum Gasteiger partial charge on any atom is -0.492 e. The van der Waals surface area contributed by atoms with E-state index in [1.54, 1.807) is 48.5 Å². The van der Waals surface area contributed by atoms with Crippen molar-refractivity contribution in [1.29, 1.82) is 0 Å². The summed E-state index contributed by atoms with van der Waals surface area (Å²) in [6.07, 6.45) is -0.317. The highest BCUT2D eigenvalue weighted by Gasteiger charge is 2.50. The minimum absolute atomic E-state index is 0.224. The molecule has 1 aliphatic heterocycles. The predicted molar refractivity (Wildman–Crippen MR) is 129 cm³/mol. The Morgan fingerprint density at radius 2 is 1.67 bits per heavy atom. The van der Waals surface area contributed by atoms with Gasteiger partial charge in [-0.05, 0) is 62.2 Å². The van der Waals surface area contributed by atoms with Crippen molar-refractivity contribution in [1.82, 2.24) is 0 Å². The van der Waals surface area contributed by atoms with Crippen LogP contribution in [0.25, 0.3) is 0 Å². The lowest BCUT2D eigenvalue weighted by molar-refractivity contribution is -0.135. The van der Waals surface area contributed by atoms with E-state index in [1.807, 2.05) is 32.9 Å². The molecule has 1 heterocycles. The molecule has 0 spiro atoms. The van der Waals surface area contributed by atoms with Crippen molar-refractivity contribution >= 4 is 29.0 Å². The highest BCUT2D eigenvalue weighted by Crippen LogP contribution is 2.43. The topological polar surface area (TPSA) is 66.8 Å². The number of aryl methyl sites for hydroxylation is 3. The summed E-state index contributed by atoms with van der Waals surface area (Å²) in [6, 6.07) is 17.9. The largest absolute Gasteiger partial charge is 0.492 e. The second-order valence-corrected chi connectivity index (χ2v) is 8.95. The van der Waals surface area contributed by atoms with Gasteiger partial charge in [0, 0.05) is 16.1 Å². The molecule has 4 rings (SSSR count). The molecule has 170 valence electrons. The number of hydrogen-bond donors (Lipinski definition) is 1. The van der Waals surface area contributed by atoms with Gasteiger partial charge in [0.2, 0.25) is 0 Å². The maximum Gasteiger partial charge on any atom is 0.264 e. The highest BCUT2D eigenvalue weighted by molar-refractivity contribution is 6.30. The number of ketones is 1. The summed E-state index contributed by atoms with van der Waals surface area (Å²) in [5.74, 6) is -0.135. The summed E-state index contributed by atoms with van der Waals surface area (Å²) in [7, 11) is 0. The second kappa shape index (κ2) is 9.00. The molecule has 0 saturated heterocycles. The molecule has 3 aromatic carbocycles. The minimum atomic E-state index is -1.92. The van der Waals surface area contributed by atoms with Crippen molar-refractivity contribution in [3.63, 3.8) is 0 Å². The van der Waals surface area contributed by atoms with Crippen molar-refractivity contribution in [2.24, 2.45) is 0 Å². The molecule has 6 heteroatoms. The number of hydrogen-bond acceptors (Lipinski definition) is 4. The third-order valence-corrected chi connectivity index (χ3v) is 6.26. The number of carbonyl (C=O) groups excluding carboxylic acids is 2. The molecule has 0 radical (unpaired) electrons. The Balaban J connectivity index is 1.57. The molecule has 0 fully saturated rings. The molecular weight excluding hydrogens is 438 g/mol. The number of para-hydroxylation sites is 1. The van der Waals surface area contributed by atoms with Gasteiger partial charge in [-0.15, -0.1) is 0 Å². The maximum absolute atomic E-state index is 13.4. The number of amides is 1. The van der Waals surface area contributed by atoms with E-state index in [9.17, 15) is 14.7 Å². The van der Waals surface area contributed by atoms with Crippen molar-refractivity contribution in [3.8, 4) is 5.75 Å². The molecule has 5 nitrogen and oxygen atoms in total. The Kier molecular flexibility index (Phi) is 6.28. The van der Waals surface area contributed by atoms with E-state index in [0.717, 1.165) is 16.7 Å². The normalized spacial score (nSPS) is 17.2. The Bertz CT molecular complexity index is 1200. The molecule has 0 saturated carbocycles. The summed E-state index contributed by atoms with van der Waals surface area (Å²) in [4.78, 5) is 28.2. The summed E-state index contributed by atoms with van der Waals surface area (Å²) < 4.78 is 5.75. The van der Waals surface area contributed by atoms with Crippen molar-refractivity contribution in [3.05, 3.63) is 93.5 Å². The molecule has 0 bridgehead atoms. The number of carbonyl (C=O) groups is 2. The number of benzene rings is 3. The summed E-state index contributed by atoms with van der Waals surface area (Å²) >= 11 is 5.91. The zero-order valence-corrected chi connectivity index (χ0v) is 19.6. The third kappa shape index (κ3) is 4.39. The smallest absolute Gasteiger partial charge is 0.264 e. The van der Waals surface area contributed by atoms with Gasteiger partial charge in [0.15, 0.2) is 11.4 Å². The molecule has 1 N–H and O–H groups in total. The number of Topliss-reactive ketones (excluding diaryl/α,β-unsaturated/α-hetero) is 1. The van der Waals surface area contributed by atoms with Crippen LogP contribution in [0.2, 0.25) is 5.02 Å². The molecule has 3 aromatic rings. The molecule has 1 unspecified atom stereocenters. The monoisotopic (exact) mass is 463 g/mol. The average molecular weight is 464 g/mol. The van der Waals surface area contributed by atoms with Gasteiger partial charge in [-0.2, -0.15) is 0 Å². The van der Waals surface area contributed by atoms with Crippen LogP contribution < -0.4 is 9.64 Å². The lowest BCUT2D eigenvalue weighted by Gasteiger charge is -2.23. The van der Waals surface area contributed by atoms with Gasteiger partial charge >= 0.3 is 0 Å². The van der Waals surface area contributed by atoms with E-state index in [4.69, 9.17) is 16.3 Å². The SMILES string of the molecule is Cc1cc(C)c(C(=O)CC2(O)C(=O)N(CCOc3ccc(Cl)cc3)c3ccccc32)c(C)c1. The number of rotatable bonds is 7. The zero-order valence-electron chi connectivity index (χ0n) is 18.9. The molecule has 33 heavy (non-hydrogen) atoms. The van der Waals surface area contributed by atoms with E-state index in [-0.39, 0.29) is 25.4 Å². The van der Waals surface area contributed by atoms with Gasteiger partial charge in [-0.3, -0.25) is 9.59 Å². The van der Waals surface area contributed by atoms with Crippen LogP contribution in [-0.2, 0) is 10.4 Å². The van der Waals surface area contributed by atoms with Gasteiger partial charge in [0.05, 0.1) is 18.7 Å². The summed E-state index contributed by atoms with van der Waals surface area (Å²) in [6.45, 7) is 6.19. The Morgan fingerprint density at radius 3 is 2.33 bits per heavy atom. The predicted octanol–water partition coefficient (Wildman–Crippen LogP) is 5.15. The first-order valence-electron chi connectivity index (χ1n) is 10.8. The third-order valence-electron chi connectivity index (χ3n) is 6.01. The Hall–Kier alpha value is -3.15. The van der Waals surface area contributed by atoms with Crippen molar-refractivity contribution in [2.75, 3.05) is 18.1 Å². The van der Waals surface area contributed by atoms with E-state index in [0.29, 0.717) is 27.6 Å². The number of nitrogens with zero attached hydrogens (tertiary/aromatic N) is 1. The lowest BCUT2D eigenvalue weighted by atomic mass is 9.85. The first-order valence-corrected chi connectivity index (χ1v) is 11.2. The summed E-state index contributed by atoms with van der Waals surface area (Å²) in [5, 5.41) is 12.1. The second-order valence-electron chi connectivity index (χ2n) is 8.51. The van der Waals surface area contributed by atoms with E-state index < -0.39 is 11.5 Å². The van der Waals surface area contributed by atoms with Crippen LogP contribution in [0.5, 0.6) is 5.75 Å². The van der Waals surface area contributed by atoms with Crippen LogP contribution in [0, 0.1) is 20.8 Å². The van der Waals surface area contributed by atoms with E-state index in [2.05, 4.69) is 0 Å². The van der Waals surface area contributed by atoms with Gasteiger partial charge in [0.1, 0.15) is 12.4 Å². The van der Waals surface area contributed by atoms with Gasteiger partial charge in [-0.1, -0.05) is 47.5 Å². The molecular formula is C27H26ClNO4. The number of aliphatic hydroxyl groups is 1. The van der Waals surface area contributed by atoms with Crippen LogP contribution >= 0.6 is 11.6 Å². The Labute approximate surface area is 198 Å². The zero-order chi connectivity index (χ0) is 23.8. The summed E-state index contributed by atoms with van der Waals surface area (Å²) in [5.41, 5.74) is 2.42. The Morgan fingerprint density at radius 1 is 1.03 bits per heavy atom. The average Bonchev–Trinajstić information content (AvgIpc) is 2.96. The molecule has 1 atom stereocenters. The van der Waals surface area contributed by atoms with Crippen LogP contribution in [0.4, 0.5) is 5.69 Å². The molecule has 0 aromatic heterocycles. The number of halogens is 1. The molecule has 1 amide bonds. The standard InChI is InChI=1S/C27H26ClNO4/c1-17-14-18(2)25(19(3)15-17)24(30)16-27(32)22-6-4-5-7-23(22)29(26(27)31)12-13-33-21-10-8-20(28)9-11-21/h4-11,14-15,32H,12-13,16H2,1-3H3. The highest BCUT2D eigenvalue weighted by atomic mass is 35.5. The fraction of sp³-hybridized carbons (Fsp3) is 0.259. The molecule has 1 aliphatic rings. The van der Waals surface area contributed by atoms with Gasteiger partial charge in [0.25, 0.3) is 5.91 Å². The van der Waals surface area contributed by atoms with Crippen molar-refractivity contribution in [2.45, 2.75) is 32.8 Å². The number of anilines is 1. The van der Waals surface area contributed by atoms with Crippen LogP contribution in [0.15, 0.2) is 60.7 Å². The maximum atomic E-state index is 13.4. The van der Waals surface area contributed by atoms with E-state index >= 15 is 0 Å². The van der Waals surface area contributed by atoms with E-state index in [1.165, 1.54) is 4.90 Å². The molecule has 0 aliphatic carbocycles. The van der Waals surface area contributed by atoms with Crippen LogP contribution in [-0.4, -0.2) is 29.9 Å². The first-order chi connectivity index (χ1) is 15.7. The quantitative estimate of drug-likeness (QED) is 0.492. The first kappa shape index (κ1) is 23.0. The number of fused-ring (bicyclic) bond motifs is 1. The van der Waals surface area contributed by atoms with Crippen molar-refractivity contribution < 1.29 is 19.4 Å². The van der Waals surface area contributed by atoms with Crippen LogP contribution in [0.1, 0.15) is 39.0 Å². The fourth-order valence-corrected chi connectivity index (χ4v) is 4.75. The van der Waals surface area contributed by atoms with Crippen LogP contribution in [0.3, 0.4) is 0 Å². The van der Waals surface area contributed by atoms with Gasteiger partial charge < -0.3 is 14.7 Å². The lowest BCUT2D eigenvalue weighted by Crippen LogP contribution is -2.43.